The molecule has 1 aromatic carbocycles. The summed E-state index contributed by atoms with van der Waals surface area (Å²) in [6, 6.07) is 9.37. The number of rotatable bonds is 1. The zero-order valence-corrected chi connectivity index (χ0v) is 8.47. The predicted octanol–water partition coefficient (Wildman–Crippen LogP) is 1.42. The zero-order chi connectivity index (χ0) is 10.8. The van der Waals surface area contributed by atoms with E-state index < -0.39 is 5.91 Å². The molecule has 0 unspecified atom stereocenters. The van der Waals surface area contributed by atoms with Crippen LogP contribution >= 0.6 is 11.8 Å². The van der Waals surface area contributed by atoms with E-state index >= 15 is 0 Å². The van der Waals surface area contributed by atoms with Crippen molar-refractivity contribution in [1.82, 2.24) is 0 Å². The Morgan fingerprint density at radius 3 is 2.80 bits per heavy atom. The average molecular weight is 217 g/mol. The maximum atomic E-state index is 11.0. The number of para-hydroxylation sites is 1. The fourth-order valence-electron chi connectivity index (χ4n) is 1.25. The molecule has 74 valence electrons. The van der Waals surface area contributed by atoms with Crippen molar-refractivity contribution in [2.24, 2.45) is 5.73 Å². The molecule has 0 aromatic heterocycles. The summed E-state index contributed by atoms with van der Waals surface area (Å²) in [7, 11) is 0. The number of benzene rings is 1. The third kappa shape index (κ3) is 1.67. The van der Waals surface area contributed by atoms with Gasteiger partial charge in [0.1, 0.15) is 16.7 Å². The maximum Gasteiger partial charge on any atom is 0.262 e. The number of nitrogens with one attached hydrogen (secondary N) is 1. The SMILES string of the molecule is N#CC(C(N)=O)=C1Nc2ccccc2S1. The van der Waals surface area contributed by atoms with Gasteiger partial charge in [0.25, 0.3) is 5.91 Å². The average Bonchev–Trinajstić information content (AvgIpc) is 2.61. The van der Waals surface area contributed by atoms with E-state index in [1.165, 1.54) is 11.8 Å². The minimum Gasteiger partial charge on any atom is -0.365 e. The van der Waals surface area contributed by atoms with Crippen LogP contribution in [0.1, 0.15) is 0 Å². The van der Waals surface area contributed by atoms with E-state index in [-0.39, 0.29) is 5.57 Å². The molecule has 0 bridgehead atoms. The Kier molecular flexibility index (Phi) is 2.35. The van der Waals surface area contributed by atoms with Crippen LogP contribution in [0.3, 0.4) is 0 Å². The van der Waals surface area contributed by atoms with Crippen LogP contribution in [-0.4, -0.2) is 5.91 Å². The molecule has 3 N–H and O–H groups in total. The number of carbonyl (C=O) groups is 1. The molecular formula is C10H7N3OS. The van der Waals surface area contributed by atoms with Crippen molar-refractivity contribution >= 4 is 23.4 Å². The van der Waals surface area contributed by atoms with Gasteiger partial charge in [0, 0.05) is 4.90 Å². The van der Waals surface area contributed by atoms with Gasteiger partial charge in [-0.1, -0.05) is 23.9 Å². The third-order valence-corrected chi connectivity index (χ3v) is 3.02. The highest BCUT2D eigenvalue weighted by Gasteiger charge is 2.21. The lowest BCUT2D eigenvalue weighted by atomic mass is 10.3. The van der Waals surface area contributed by atoms with Crippen LogP contribution < -0.4 is 11.1 Å². The number of nitriles is 1. The number of carbonyl (C=O) groups excluding carboxylic acids is 1. The molecule has 0 spiro atoms. The first-order valence-corrected chi connectivity index (χ1v) is 5.02. The van der Waals surface area contributed by atoms with Gasteiger partial charge < -0.3 is 11.1 Å². The molecular weight excluding hydrogens is 210 g/mol. The van der Waals surface area contributed by atoms with Crippen molar-refractivity contribution in [3.8, 4) is 6.07 Å². The summed E-state index contributed by atoms with van der Waals surface area (Å²) in [6.07, 6.45) is 0. The zero-order valence-electron chi connectivity index (χ0n) is 7.65. The van der Waals surface area contributed by atoms with Gasteiger partial charge in [0.05, 0.1) is 5.69 Å². The summed E-state index contributed by atoms with van der Waals surface area (Å²) in [5.41, 5.74) is 5.95. The second-order valence-corrected chi connectivity index (χ2v) is 3.96. The largest absolute Gasteiger partial charge is 0.365 e. The van der Waals surface area contributed by atoms with Gasteiger partial charge in [-0.2, -0.15) is 5.26 Å². The molecule has 0 aliphatic carbocycles. The van der Waals surface area contributed by atoms with E-state index in [9.17, 15) is 4.79 Å². The molecule has 1 heterocycles. The molecule has 4 nitrogen and oxygen atoms in total. The maximum absolute atomic E-state index is 11.0. The Morgan fingerprint density at radius 1 is 1.47 bits per heavy atom. The first-order chi connectivity index (χ1) is 7.22. The molecule has 5 heteroatoms. The minimum absolute atomic E-state index is 0.0313. The van der Waals surface area contributed by atoms with E-state index in [0.29, 0.717) is 5.03 Å². The standard InChI is InChI=1S/C10H7N3OS/c11-5-6(9(12)14)10-13-7-3-1-2-4-8(7)15-10/h1-4,13H,(H2,12,14). The van der Waals surface area contributed by atoms with Crippen molar-refractivity contribution in [2.75, 3.05) is 5.32 Å². The van der Waals surface area contributed by atoms with E-state index in [1.54, 1.807) is 6.07 Å². The van der Waals surface area contributed by atoms with Crippen LogP contribution in [0.4, 0.5) is 5.69 Å². The second-order valence-electron chi connectivity index (χ2n) is 2.90. The second kappa shape index (κ2) is 3.67. The van der Waals surface area contributed by atoms with Crippen LogP contribution in [0, 0.1) is 11.3 Å². The molecule has 15 heavy (non-hydrogen) atoms. The molecule has 0 radical (unpaired) electrons. The smallest absolute Gasteiger partial charge is 0.262 e. The van der Waals surface area contributed by atoms with Crippen molar-refractivity contribution in [3.63, 3.8) is 0 Å². The molecule has 1 aliphatic rings. The van der Waals surface area contributed by atoms with E-state index in [0.717, 1.165) is 10.6 Å². The number of fused-ring (bicyclic) bond motifs is 1. The highest BCUT2D eigenvalue weighted by molar-refractivity contribution is 8.03. The molecule has 0 fully saturated rings. The van der Waals surface area contributed by atoms with Crippen LogP contribution in [0.25, 0.3) is 0 Å². The van der Waals surface area contributed by atoms with Crippen molar-refractivity contribution in [1.29, 1.82) is 5.26 Å². The van der Waals surface area contributed by atoms with Gasteiger partial charge in [-0.05, 0) is 12.1 Å². The first-order valence-electron chi connectivity index (χ1n) is 4.20. The molecule has 0 saturated carbocycles. The summed E-state index contributed by atoms with van der Waals surface area (Å²) in [6.45, 7) is 0. The molecule has 0 atom stereocenters. The Balaban J connectivity index is 2.42. The summed E-state index contributed by atoms with van der Waals surface area (Å²) in [5, 5.41) is 12.3. The van der Waals surface area contributed by atoms with Crippen LogP contribution in [0.2, 0.25) is 0 Å². The number of nitrogens with two attached hydrogens (primary N) is 1. The predicted molar refractivity (Wildman–Crippen MR) is 57.8 cm³/mol. The lowest BCUT2D eigenvalue weighted by Crippen LogP contribution is -2.15. The summed E-state index contributed by atoms with van der Waals surface area (Å²) < 4.78 is 0. The summed E-state index contributed by atoms with van der Waals surface area (Å²) in [4.78, 5) is 11.9. The molecule has 0 saturated heterocycles. The van der Waals surface area contributed by atoms with Crippen LogP contribution in [0.5, 0.6) is 0 Å². The Morgan fingerprint density at radius 2 is 2.20 bits per heavy atom. The summed E-state index contributed by atoms with van der Waals surface area (Å²) in [5.74, 6) is -0.708. The van der Waals surface area contributed by atoms with Crippen molar-refractivity contribution in [2.45, 2.75) is 4.90 Å². The molecule has 1 aromatic rings. The summed E-state index contributed by atoms with van der Waals surface area (Å²) >= 11 is 1.34. The number of hydrogen-bond donors (Lipinski definition) is 2. The fraction of sp³-hybridized carbons (Fsp3) is 0. The lowest BCUT2D eigenvalue weighted by molar-refractivity contribution is -0.114. The van der Waals surface area contributed by atoms with Gasteiger partial charge in [-0.3, -0.25) is 4.79 Å². The number of hydrogen-bond acceptors (Lipinski definition) is 4. The van der Waals surface area contributed by atoms with E-state index in [1.807, 2.05) is 24.3 Å². The quantitative estimate of drug-likeness (QED) is 0.551. The van der Waals surface area contributed by atoms with Crippen LogP contribution in [0.15, 0.2) is 39.8 Å². The number of anilines is 1. The van der Waals surface area contributed by atoms with Gasteiger partial charge >= 0.3 is 0 Å². The van der Waals surface area contributed by atoms with E-state index in [2.05, 4.69) is 5.32 Å². The van der Waals surface area contributed by atoms with Gasteiger partial charge in [0.2, 0.25) is 0 Å². The number of primary amides is 1. The fourth-order valence-corrected chi connectivity index (χ4v) is 2.25. The third-order valence-electron chi connectivity index (χ3n) is 1.93. The van der Waals surface area contributed by atoms with E-state index in [4.69, 9.17) is 11.0 Å². The van der Waals surface area contributed by atoms with Crippen molar-refractivity contribution in [3.05, 3.63) is 34.9 Å². The highest BCUT2D eigenvalue weighted by atomic mass is 32.2. The Hall–Kier alpha value is -1.93. The minimum atomic E-state index is -0.708. The van der Waals surface area contributed by atoms with Gasteiger partial charge in [0.15, 0.2) is 0 Å². The normalized spacial score (nSPS) is 16.2. The Labute approximate surface area is 90.8 Å². The highest BCUT2D eigenvalue weighted by Crippen LogP contribution is 2.41. The number of thioether (sulfide) groups is 1. The van der Waals surface area contributed by atoms with Crippen LogP contribution in [-0.2, 0) is 4.79 Å². The number of amides is 1. The monoisotopic (exact) mass is 217 g/mol. The molecule has 1 aliphatic heterocycles. The number of nitrogens with zero attached hydrogens (tertiary/aromatic N) is 1. The van der Waals surface area contributed by atoms with Gasteiger partial charge in [-0.25, -0.2) is 0 Å². The lowest BCUT2D eigenvalue weighted by Gasteiger charge is -1.99. The first kappa shape index (κ1) is 9.62. The topological polar surface area (TPSA) is 78.9 Å². The van der Waals surface area contributed by atoms with Gasteiger partial charge in [-0.15, -0.1) is 0 Å². The van der Waals surface area contributed by atoms with Crippen molar-refractivity contribution < 1.29 is 4.79 Å². The Bertz CT molecular complexity index is 475. The molecule has 2 rings (SSSR count). The molecule has 1 amide bonds.